The van der Waals surface area contributed by atoms with Crippen LogP contribution in [0.4, 0.5) is 5.69 Å². The molecule has 2 aromatic heterocycles. The monoisotopic (exact) mass is 491 g/mol. The number of hydrogen-bond acceptors (Lipinski definition) is 4. The number of rotatable bonds is 9. The number of amides is 1. The second-order valence-corrected chi connectivity index (χ2v) is 9.35. The number of nitrogens with one attached hydrogen (secondary N) is 2. The van der Waals surface area contributed by atoms with Crippen LogP contribution in [0.15, 0.2) is 54.7 Å². The van der Waals surface area contributed by atoms with Gasteiger partial charge in [-0.1, -0.05) is 18.2 Å². The van der Waals surface area contributed by atoms with Crippen molar-refractivity contribution in [3.8, 4) is 0 Å². The Morgan fingerprint density at radius 2 is 1.97 bits per heavy atom. The van der Waals surface area contributed by atoms with E-state index in [0.29, 0.717) is 24.7 Å². The molecule has 1 saturated heterocycles. The van der Waals surface area contributed by atoms with Gasteiger partial charge in [-0.3, -0.25) is 9.78 Å². The summed E-state index contributed by atoms with van der Waals surface area (Å²) >= 11 is 5.77. The number of aryl methyl sites for hydroxylation is 2. The highest BCUT2D eigenvalue weighted by molar-refractivity contribution is 7.80. The second kappa shape index (κ2) is 11.0. The molecule has 35 heavy (non-hydrogen) atoms. The summed E-state index contributed by atoms with van der Waals surface area (Å²) in [4.78, 5) is 19.5. The van der Waals surface area contributed by atoms with Crippen LogP contribution in [-0.4, -0.2) is 45.7 Å². The van der Waals surface area contributed by atoms with Gasteiger partial charge in [0.15, 0.2) is 5.11 Å². The van der Waals surface area contributed by atoms with Crippen molar-refractivity contribution in [2.45, 2.75) is 45.8 Å². The average molecular weight is 492 g/mol. The van der Waals surface area contributed by atoms with Crippen molar-refractivity contribution in [2.24, 2.45) is 0 Å². The zero-order valence-corrected chi connectivity index (χ0v) is 21.6. The number of thiocarbonyl (C=S) groups is 1. The largest absolute Gasteiger partial charge is 0.383 e. The minimum absolute atomic E-state index is 0.0380. The first-order chi connectivity index (χ1) is 16.9. The molecule has 1 fully saturated rings. The summed E-state index contributed by atoms with van der Waals surface area (Å²) < 4.78 is 7.60. The van der Waals surface area contributed by atoms with Crippen LogP contribution in [0.1, 0.15) is 46.7 Å². The number of hydrogen-bond donors (Lipinski definition) is 2. The molecule has 1 aliphatic heterocycles. The molecule has 3 aromatic rings. The first-order valence-corrected chi connectivity index (χ1v) is 12.3. The minimum Gasteiger partial charge on any atom is -0.383 e. The van der Waals surface area contributed by atoms with Gasteiger partial charge >= 0.3 is 0 Å². The van der Waals surface area contributed by atoms with Crippen LogP contribution < -0.4 is 10.6 Å². The molecule has 0 aliphatic carbocycles. The van der Waals surface area contributed by atoms with E-state index < -0.39 is 0 Å². The number of pyridine rings is 1. The van der Waals surface area contributed by atoms with Crippen molar-refractivity contribution >= 4 is 28.9 Å². The molecule has 0 unspecified atom stereocenters. The maximum Gasteiger partial charge on any atom is 0.226 e. The molecule has 2 atom stereocenters. The van der Waals surface area contributed by atoms with Gasteiger partial charge < -0.3 is 24.8 Å². The van der Waals surface area contributed by atoms with Gasteiger partial charge in [0.25, 0.3) is 0 Å². The maximum absolute atomic E-state index is 12.8. The van der Waals surface area contributed by atoms with Gasteiger partial charge in [-0.05, 0) is 74.4 Å². The molecule has 184 valence electrons. The Morgan fingerprint density at radius 1 is 1.14 bits per heavy atom. The summed E-state index contributed by atoms with van der Waals surface area (Å²) in [6.07, 6.45) is 2.13. The van der Waals surface area contributed by atoms with Crippen LogP contribution >= 0.6 is 12.2 Å². The number of ether oxygens (including phenoxy) is 1. The van der Waals surface area contributed by atoms with Crippen LogP contribution in [0.25, 0.3) is 0 Å². The molecule has 1 aromatic carbocycles. The van der Waals surface area contributed by atoms with E-state index in [1.807, 2.05) is 49.4 Å². The fourth-order valence-corrected chi connectivity index (χ4v) is 5.14. The smallest absolute Gasteiger partial charge is 0.226 e. The van der Waals surface area contributed by atoms with Crippen LogP contribution in [0, 0.1) is 20.8 Å². The SMILES string of the molecule is COCCn1c(C)cc([C@H]2[C@@H](c3ccccn3)NC(=S)N2CCC(=O)Nc2cccc(C)c2)c1C. The number of nitrogens with zero attached hydrogens (tertiary/aromatic N) is 3. The molecular formula is C27H33N5O2S. The predicted molar refractivity (Wildman–Crippen MR) is 142 cm³/mol. The van der Waals surface area contributed by atoms with E-state index in [9.17, 15) is 4.79 Å². The van der Waals surface area contributed by atoms with Crippen LogP contribution in [0.2, 0.25) is 0 Å². The van der Waals surface area contributed by atoms with Gasteiger partial charge in [-0.25, -0.2) is 0 Å². The summed E-state index contributed by atoms with van der Waals surface area (Å²) in [5, 5.41) is 7.12. The van der Waals surface area contributed by atoms with Gasteiger partial charge in [-0.15, -0.1) is 0 Å². The number of benzene rings is 1. The Bertz CT molecular complexity index is 1190. The zero-order valence-electron chi connectivity index (χ0n) is 20.7. The number of aromatic nitrogens is 2. The van der Waals surface area contributed by atoms with Crippen molar-refractivity contribution in [1.29, 1.82) is 0 Å². The highest BCUT2D eigenvalue weighted by atomic mass is 32.1. The highest BCUT2D eigenvalue weighted by Gasteiger charge is 2.41. The Labute approximate surface area is 212 Å². The van der Waals surface area contributed by atoms with E-state index in [2.05, 4.69) is 45.0 Å². The van der Waals surface area contributed by atoms with Crippen molar-refractivity contribution in [2.75, 3.05) is 25.6 Å². The molecular weight excluding hydrogens is 458 g/mol. The lowest BCUT2D eigenvalue weighted by atomic mass is 9.96. The lowest BCUT2D eigenvalue weighted by molar-refractivity contribution is -0.116. The lowest BCUT2D eigenvalue weighted by Crippen LogP contribution is -2.33. The van der Waals surface area contributed by atoms with Crippen molar-refractivity contribution in [3.63, 3.8) is 0 Å². The van der Waals surface area contributed by atoms with E-state index in [1.54, 1.807) is 13.3 Å². The van der Waals surface area contributed by atoms with E-state index >= 15 is 0 Å². The Balaban J connectivity index is 1.60. The van der Waals surface area contributed by atoms with Crippen molar-refractivity contribution in [3.05, 3.63) is 82.9 Å². The molecule has 0 radical (unpaired) electrons. The van der Waals surface area contributed by atoms with Gasteiger partial charge in [0.2, 0.25) is 5.91 Å². The number of carbonyl (C=O) groups excluding carboxylic acids is 1. The number of methoxy groups -OCH3 is 1. The Hall–Kier alpha value is -3.23. The third-order valence-electron chi connectivity index (χ3n) is 6.53. The third kappa shape index (κ3) is 5.55. The lowest BCUT2D eigenvalue weighted by Gasteiger charge is -2.28. The fourth-order valence-electron chi connectivity index (χ4n) is 4.81. The van der Waals surface area contributed by atoms with Crippen LogP contribution in [0.5, 0.6) is 0 Å². The van der Waals surface area contributed by atoms with Gasteiger partial charge in [0.05, 0.1) is 24.4 Å². The minimum atomic E-state index is -0.111. The standard InChI is InChI=1S/C27H33N5O2S/c1-18-8-7-9-21(16-18)29-24(33)11-13-32-26(22-17-19(2)31(20(22)3)14-15-34-4)25(30-27(32)35)23-10-5-6-12-28-23/h5-10,12,16-17,25-26H,11,13-15H2,1-4H3,(H,29,33)(H,30,35)/t25-,26+/m1/s1. The first-order valence-electron chi connectivity index (χ1n) is 11.9. The second-order valence-electron chi connectivity index (χ2n) is 8.96. The molecule has 0 saturated carbocycles. The fraction of sp³-hybridized carbons (Fsp3) is 0.370. The maximum atomic E-state index is 12.8. The summed E-state index contributed by atoms with van der Waals surface area (Å²) in [6.45, 7) is 8.18. The zero-order chi connectivity index (χ0) is 24.9. The first kappa shape index (κ1) is 24.9. The number of carbonyl (C=O) groups is 1. The molecule has 7 nitrogen and oxygen atoms in total. The van der Waals surface area contributed by atoms with Crippen LogP contribution in [0.3, 0.4) is 0 Å². The van der Waals surface area contributed by atoms with E-state index in [1.165, 1.54) is 17.0 Å². The third-order valence-corrected chi connectivity index (χ3v) is 6.88. The molecule has 8 heteroatoms. The topological polar surface area (TPSA) is 71.4 Å². The highest BCUT2D eigenvalue weighted by Crippen LogP contribution is 2.40. The quantitative estimate of drug-likeness (QED) is 0.431. The van der Waals surface area contributed by atoms with Crippen molar-refractivity contribution < 1.29 is 9.53 Å². The molecule has 0 bridgehead atoms. The Morgan fingerprint density at radius 3 is 2.69 bits per heavy atom. The van der Waals surface area contributed by atoms with Crippen LogP contribution in [-0.2, 0) is 16.1 Å². The summed E-state index contributed by atoms with van der Waals surface area (Å²) in [7, 11) is 1.72. The van der Waals surface area contributed by atoms with E-state index in [4.69, 9.17) is 17.0 Å². The van der Waals surface area contributed by atoms with E-state index in [0.717, 1.165) is 23.5 Å². The normalized spacial score (nSPS) is 17.5. The molecule has 4 rings (SSSR count). The summed E-state index contributed by atoms with van der Waals surface area (Å²) in [5.41, 5.74) is 6.36. The van der Waals surface area contributed by atoms with Gasteiger partial charge in [-0.2, -0.15) is 0 Å². The summed E-state index contributed by atoms with van der Waals surface area (Å²) in [5.74, 6) is -0.0380. The van der Waals surface area contributed by atoms with Gasteiger partial charge in [0.1, 0.15) is 0 Å². The molecule has 0 spiro atoms. The van der Waals surface area contributed by atoms with Crippen molar-refractivity contribution in [1.82, 2.24) is 19.8 Å². The Kier molecular flexibility index (Phi) is 7.83. The molecule has 2 N–H and O–H groups in total. The summed E-state index contributed by atoms with van der Waals surface area (Å²) in [6, 6.07) is 15.8. The molecule has 3 heterocycles. The number of anilines is 1. The van der Waals surface area contributed by atoms with E-state index in [-0.39, 0.29) is 18.0 Å². The molecule has 1 aliphatic rings. The predicted octanol–water partition coefficient (Wildman–Crippen LogP) is 4.46. The van der Waals surface area contributed by atoms with Gasteiger partial charge in [0, 0.05) is 49.9 Å². The average Bonchev–Trinajstić information content (AvgIpc) is 3.31. The molecule has 1 amide bonds.